The average Bonchev–Trinajstić information content (AvgIpc) is 2.92. The second kappa shape index (κ2) is 11.4. The third kappa shape index (κ3) is 5.64. The largest absolute Gasteiger partial charge is 0.463 e. The van der Waals surface area contributed by atoms with Crippen LogP contribution in [0.25, 0.3) is 27.8 Å². The minimum Gasteiger partial charge on any atom is -0.463 e. The number of esters is 4. The maximum absolute atomic E-state index is 12.3. The molecule has 0 unspecified atom stereocenters. The number of benzene rings is 2. The first-order valence-electron chi connectivity index (χ1n) is 12.9. The molecule has 1 fully saturated rings. The van der Waals surface area contributed by atoms with Crippen LogP contribution >= 0.6 is 0 Å². The summed E-state index contributed by atoms with van der Waals surface area (Å²) in [4.78, 5) is 52.7. The fraction of sp³-hybridized carbons (Fsp3) is 0.345. The number of fused-ring (bicyclic) bond motifs is 2. The van der Waals surface area contributed by atoms with Gasteiger partial charge in [-0.2, -0.15) is 0 Å². The van der Waals surface area contributed by atoms with Crippen molar-refractivity contribution in [3.8, 4) is 5.75 Å². The van der Waals surface area contributed by atoms with Crippen molar-refractivity contribution in [2.24, 2.45) is 0 Å². The van der Waals surface area contributed by atoms with E-state index >= 15 is 0 Å². The standard InChI is InChI=1S/C29H28N2O10/c1-14(32)36-13-21-26(37-15(2)33)27(38-16(3)34)28(39-17(4)35)29(40-21)41-25-20-8-6-5-7-19(20)23-22-18(9-11-30-23)10-12-31-24(22)25/h5-12,21,26-29,31H,13H2,1-4H3/t21-,26-,27+,28-,29+/m1/s1. The number of nitrogens with one attached hydrogen (secondary N) is 1. The monoisotopic (exact) mass is 564 g/mol. The van der Waals surface area contributed by atoms with Gasteiger partial charge in [0.1, 0.15) is 12.7 Å². The number of hydrogen-bond acceptors (Lipinski definition) is 12. The molecule has 214 valence electrons. The van der Waals surface area contributed by atoms with Gasteiger partial charge in [0.05, 0.1) is 11.2 Å². The molecule has 3 aromatic rings. The van der Waals surface area contributed by atoms with E-state index in [2.05, 4.69) is 10.3 Å². The summed E-state index contributed by atoms with van der Waals surface area (Å²) in [6.45, 7) is 4.34. The van der Waals surface area contributed by atoms with Gasteiger partial charge in [0.15, 0.2) is 18.0 Å². The zero-order chi connectivity index (χ0) is 29.3. The molecule has 41 heavy (non-hydrogen) atoms. The molecule has 12 nitrogen and oxygen atoms in total. The Hall–Kier alpha value is -4.71. The van der Waals surface area contributed by atoms with Gasteiger partial charge in [0, 0.05) is 56.3 Å². The van der Waals surface area contributed by atoms with E-state index < -0.39 is 54.6 Å². The minimum absolute atomic E-state index is 0.354. The lowest BCUT2D eigenvalue weighted by atomic mass is 9.96. The van der Waals surface area contributed by atoms with Gasteiger partial charge in [-0.3, -0.25) is 24.2 Å². The van der Waals surface area contributed by atoms with Crippen LogP contribution in [0.5, 0.6) is 5.75 Å². The first-order chi connectivity index (χ1) is 19.6. The van der Waals surface area contributed by atoms with Gasteiger partial charge in [0.25, 0.3) is 0 Å². The van der Waals surface area contributed by atoms with Crippen molar-refractivity contribution in [1.29, 1.82) is 0 Å². The third-order valence-electron chi connectivity index (χ3n) is 6.56. The Morgan fingerprint density at radius 3 is 2.20 bits per heavy atom. The topological polar surface area (TPSA) is 149 Å². The Kier molecular flexibility index (Phi) is 7.75. The van der Waals surface area contributed by atoms with Crippen LogP contribution in [0.2, 0.25) is 0 Å². The molecule has 5 rings (SSSR count). The van der Waals surface area contributed by atoms with Crippen molar-refractivity contribution in [3.05, 3.63) is 48.3 Å². The smallest absolute Gasteiger partial charge is 0.303 e. The first kappa shape index (κ1) is 27.8. The highest BCUT2D eigenvalue weighted by atomic mass is 16.7. The van der Waals surface area contributed by atoms with Gasteiger partial charge in [-0.05, 0) is 17.7 Å². The fourth-order valence-corrected chi connectivity index (χ4v) is 5.09. The molecule has 0 radical (unpaired) electrons. The molecule has 1 N–H and O–H groups in total. The van der Waals surface area contributed by atoms with E-state index in [1.165, 1.54) is 13.8 Å². The van der Waals surface area contributed by atoms with Gasteiger partial charge in [-0.1, -0.05) is 24.3 Å². The Bertz CT molecular complexity index is 1570. The number of hydrogen-bond donors (Lipinski definition) is 1. The quantitative estimate of drug-likeness (QED) is 0.255. The van der Waals surface area contributed by atoms with Gasteiger partial charge in [-0.15, -0.1) is 0 Å². The number of rotatable bonds is 7. The van der Waals surface area contributed by atoms with Crippen molar-refractivity contribution >= 4 is 57.3 Å². The second-order valence-electron chi connectivity index (χ2n) is 9.54. The zero-order valence-corrected chi connectivity index (χ0v) is 22.7. The molecule has 0 bridgehead atoms. The maximum Gasteiger partial charge on any atom is 0.303 e. The molecule has 3 heterocycles. The maximum atomic E-state index is 12.3. The van der Waals surface area contributed by atoms with E-state index in [1.807, 2.05) is 36.4 Å². The molecule has 2 aliphatic heterocycles. The highest BCUT2D eigenvalue weighted by molar-refractivity contribution is 6.18. The van der Waals surface area contributed by atoms with E-state index in [0.717, 1.165) is 35.7 Å². The molecule has 1 aromatic heterocycles. The van der Waals surface area contributed by atoms with Gasteiger partial charge in [0.2, 0.25) is 12.4 Å². The van der Waals surface area contributed by atoms with Crippen LogP contribution in [0.4, 0.5) is 5.69 Å². The van der Waals surface area contributed by atoms with Crippen LogP contribution in [0.15, 0.2) is 42.7 Å². The van der Waals surface area contributed by atoms with Crippen LogP contribution in [-0.2, 0) is 42.9 Å². The Labute approximate surface area is 234 Å². The van der Waals surface area contributed by atoms with Crippen LogP contribution in [0, 0.1) is 0 Å². The number of nitrogens with zero attached hydrogens (tertiary/aromatic N) is 1. The van der Waals surface area contributed by atoms with Crippen LogP contribution in [0.1, 0.15) is 33.3 Å². The second-order valence-corrected chi connectivity index (χ2v) is 9.54. The summed E-state index contributed by atoms with van der Waals surface area (Å²) in [6, 6.07) is 9.34. The summed E-state index contributed by atoms with van der Waals surface area (Å²) < 4.78 is 34.4. The molecule has 2 aliphatic rings. The van der Waals surface area contributed by atoms with E-state index in [0.29, 0.717) is 16.8 Å². The molecule has 0 spiro atoms. The number of anilines is 1. The molecule has 0 saturated carbocycles. The molecule has 2 aromatic carbocycles. The highest BCUT2D eigenvalue weighted by Crippen LogP contribution is 2.45. The van der Waals surface area contributed by atoms with Gasteiger partial charge in [-0.25, -0.2) is 0 Å². The highest BCUT2D eigenvalue weighted by Gasteiger charge is 2.53. The van der Waals surface area contributed by atoms with Gasteiger partial charge >= 0.3 is 23.9 Å². The molecular formula is C29H28N2O10. The Balaban J connectivity index is 1.65. The van der Waals surface area contributed by atoms with E-state index in [4.69, 9.17) is 28.4 Å². The van der Waals surface area contributed by atoms with Crippen molar-refractivity contribution in [2.75, 3.05) is 11.9 Å². The summed E-state index contributed by atoms with van der Waals surface area (Å²) >= 11 is 0. The minimum atomic E-state index is -1.39. The number of carbonyl (C=O) groups excluding carboxylic acids is 4. The summed E-state index contributed by atoms with van der Waals surface area (Å²) in [6.07, 6.45) is -1.16. The Morgan fingerprint density at radius 1 is 0.854 bits per heavy atom. The lowest BCUT2D eigenvalue weighted by Crippen LogP contribution is -2.63. The van der Waals surface area contributed by atoms with E-state index in [1.54, 1.807) is 12.4 Å². The summed E-state index contributed by atoms with van der Waals surface area (Å²) in [5, 5.41) is 5.50. The van der Waals surface area contributed by atoms with Crippen LogP contribution in [-0.4, -0.2) is 66.2 Å². The third-order valence-corrected chi connectivity index (χ3v) is 6.56. The number of carbonyl (C=O) groups is 4. The Morgan fingerprint density at radius 2 is 1.51 bits per heavy atom. The summed E-state index contributed by atoms with van der Waals surface area (Å²) in [5.41, 5.74) is 2.25. The number of ether oxygens (including phenoxy) is 6. The lowest BCUT2D eigenvalue weighted by Gasteiger charge is -2.44. The summed E-state index contributed by atoms with van der Waals surface area (Å²) in [5.74, 6) is -2.43. The summed E-state index contributed by atoms with van der Waals surface area (Å²) in [7, 11) is 0. The van der Waals surface area contributed by atoms with Crippen LogP contribution < -0.4 is 10.1 Å². The molecule has 0 amide bonds. The van der Waals surface area contributed by atoms with Crippen molar-refractivity contribution in [2.45, 2.75) is 58.4 Å². The van der Waals surface area contributed by atoms with Gasteiger partial charge < -0.3 is 33.7 Å². The van der Waals surface area contributed by atoms with E-state index in [9.17, 15) is 19.2 Å². The van der Waals surface area contributed by atoms with Crippen molar-refractivity contribution in [3.63, 3.8) is 0 Å². The predicted molar refractivity (Wildman–Crippen MR) is 144 cm³/mol. The van der Waals surface area contributed by atoms with Crippen LogP contribution in [0.3, 0.4) is 0 Å². The lowest BCUT2D eigenvalue weighted by molar-refractivity contribution is -0.288. The number of aromatic nitrogens is 1. The molecular weight excluding hydrogens is 536 g/mol. The average molecular weight is 565 g/mol. The molecule has 1 saturated heterocycles. The normalized spacial score (nSPS) is 22.9. The molecule has 12 heteroatoms. The molecule has 5 atom stereocenters. The van der Waals surface area contributed by atoms with Crippen molar-refractivity contribution < 1.29 is 47.6 Å². The van der Waals surface area contributed by atoms with Crippen molar-refractivity contribution in [1.82, 2.24) is 4.98 Å². The SMILES string of the molecule is CC(=O)OC[C@H]1O[C@@H](Oc2c3c4c(ccnc4c4ccccc24)C=CN3)[C@H](OC(C)=O)[C@@H](OC(C)=O)[C@@H]1OC(C)=O. The first-order valence-corrected chi connectivity index (χ1v) is 12.9. The fourth-order valence-electron chi connectivity index (χ4n) is 5.09. The number of pyridine rings is 1. The molecule has 0 aliphatic carbocycles. The van der Waals surface area contributed by atoms with E-state index in [-0.39, 0.29) is 6.61 Å². The predicted octanol–water partition coefficient (Wildman–Crippen LogP) is 3.25. The zero-order valence-electron chi connectivity index (χ0n) is 22.7.